The van der Waals surface area contributed by atoms with Crippen LogP contribution in [-0.2, 0) is 4.79 Å². The quantitative estimate of drug-likeness (QED) is 0.792. The van der Waals surface area contributed by atoms with Crippen molar-refractivity contribution in [2.24, 2.45) is 5.92 Å². The lowest BCUT2D eigenvalue weighted by Gasteiger charge is -2.24. The maximum atomic E-state index is 11.8. The van der Waals surface area contributed by atoms with E-state index in [1.165, 1.54) is 6.42 Å². The highest BCUT2D eigenvalue weighted by Gasteiger charge is 2.24. The second-order valence-electron chi connectivity index (χ2n) is 6.84. The Morgan fingerprint density at radius 3 is 2.76 bits per heavy atom. The van der Waals surface area contributed by atoms with E-state index in [0.717, 1.165) is 41.3 Å². The number of hydrogen-bond acceptors (Lipinski definition) is 4. The van der Waals surface area contributed by atoms with Crippen LogP contribution < -0.4 is 10.6 Å². The van der Waals surface area contributed by atoms with Crippen LogP contribution in [0.2, 0.25) is 0 Å². The standard InChI is InChI=1S/C20H24N4O/c1-13-9-14(2)17-11-16(12-21)19(24-18(17)10-13)22-7-4-8-23-20(25)15-5-3-6-15/h9-11,15H,3-8H2,1-2H3,(H,22,24)(H,23,25). The van der Waals surface area contributed by atoms with Gasteiger partial charge in [-0.15, -0.1) is 0 Å². The Balaban J connectivity index is 1.60. The van der Waals surface area contributed by atoms with Crippen LogP contribution in [0.15, 0.2) is 18.2 Å². The van der Waals surface area contributed by atoms with Gasteiger partial charge in [-0.25, -0.2) is 4.98 Å². The molecule has 0 aliphatic heterocycles. The van der Waals surface area contributed by atoms with E-state index in [4.69, 9.17) is 0 Å². The highest BCUT2D eigenvalue weighted by atomic mass is 16.1. The van der Waals surface area contributed by atoms with Gasteiger partial charge < -0.3 is 10.6 Å². The zero-order chi connectivity index (χ0) is 17.8. The van der Waals surface area contributed by atoms with Crippen molar-refractivity contribution in [2.75, 3.05) is 18.4 Å². The second kappa shape index (κ2) is 7.52. The number of carbonyl (C=O) groups is 1. The fourth-order valence-corrected chi connectivity index (χ4v) is 3.17. The number of nitrogens with one attached hydrogen (secondary N) is 2. The van der Waals surface area contributed by atoms with Gasteiger partial charge in [-0.1, -0.05) is 12.5 Å². The number of aromatic nitrogens is 1. The Bertz CT molecular complexity index is 834. The minimum Gasteiger partial charge on any atom is -0.369 e. The van der Waals surface area contributed by atoms with Crippen molar-refractivity contribution in [1.29, 1.82) is 5.26 Å². The Labute approximate surface area is 148 Å². The maximum Gasteiger partial charge on any atom is 0.223 e. The van der Waals surface area contributed by atoms with E-state index >= 15 is 0 Å². The number of nitrogens with zero attached hydrogens (tertiary/aromatic N) is 2. The van der Waals surface area contributed by atoms with E-state index in [1.54, 1.807) is 0 Å². The molecular weight excluding hydrogens is 312 g/mol. The third-order valence-corrected chi connectivity index (χ3v) is 4.83. The van der Waals surface area contributed by atoms with E-state index < -0.39 is 0 Å². The van der Waals surface area contributed by atoms with Crippen LogP contribution in [-0.4, -0.2) is 24.0 Å². The lowest BCUT2D eigenvalue weighted by Crippen LogP contribution is -2.35. The number of amides is 1. The van der Waals surface area contributed by atoms with Gasteiger partial charge in [0, 0.05) is 24.4 Å². The number of pyridine rings is 1. The van der Waals surface area contributed by atoms with Crippen molar-refractivity contribution < 1.29 is 4.79 Å². The molecule has 0 saturated heterocycles. The van der Waals surface area contributed by atoms with Crippen LogP contribution in [0.25, 0.3) is 10.9 Å². The molecule has 1 fully saturated rings. The molecule has 0 radical (unpaired) electrons. The van der Waals surface area contributed by atoms with Crippen molar-refractivity contribution in [2.45, 2.75) is 39.5 Å². The Morgan fingerprint density at radius 1 is 1.28 bits per heavy atom. The van der Waals surface area contributed by atoms with Gasteiger partial charge >= 0.3 is 0 Å². The van der Waals surface area contributed by atoms with Crippen LogP contribution >= 0.6 is 0 Å². The summed E-state index contributed by atoms with van der Waals surface area (Å²) in [5.41, 5.74) is 3.74. The van der Waals surface area contributed by atoms with Crippen molar-refractivity contribution >= 4 is 22.6 Å². The predicted octanol–water partition coefficient (Wildman–Crippen LogP) is 3.44. The summed E-state index contributed by atoms with van der Waals surface area (Å²) in [5, 5.41) is 16.6. The summed E-state index contributed by atoms with van der Waals surface area (Å²) in [6.07, 6.45) is 4.02. The van der Waals surface area contributed by atoms with Crippen molar-refractivity contribution in [1.82, 2.24) is 10.3 Å². The average molecular weight is 336 g/mol. The Kier molecular flexibility index (Phi) is 5.18. The number of anilines is 1. The zero-order valence-electron chi connectivity index (χ0n) is 14.9. The van der Waals surface area contributed by atoms with Gasteiger partial charge in [0.15, 0.2) is 0 Å². The summed E-state index contributed by atoms with van der Waals surface area (Å²) in [6, 6.07) is 8.26. The summed E-state index contributed by atoms with van der Waals surface area (Å²) in [7, 11) is 0. The molecule has 130 valence electrons. The van der Waals surface area contributed by atoms with E-state index in [9.17, 15) is 10.1 Å². The first-order valence-corrected chi connectivity index (χ1v) is 8.92. The molecule has 25 heavy (non-hydrogen) atoms. The van der Waals surface area contributed by atoms with Gasteiger partial charge in [0.25, 0.3) is 0 Å². The molecule has 0 atom stereocenters. The van der Waals surface area contributed by atoms with E-state index in [-0.39, 0.29) is 11.8 Å². The lowest BCUT2D eigenvalue weighted by molar-refractivity contribution is -0.127. The highest BCUT2D eigenvalue weighted by Crippen LogP contribution is 2.26. The normalized spacial score (nSPS) is 14.0. The summed E-state index contributed by atoms with van der Waals surface area (Å²) in [5.74, 6) is 1.02. The monoisotopic (exact) mass is 336 g/mol. The first-order valence-electron chi connectivity index (χ1n) is 8.92. The third kappa shape index (κ3) is 3.90. The first kappa shape index (κ1) is 17.2. The minimum atomic E-state index is 0.179. The predicted molar refractivity (Wildman–Crippen MR) is 99.4 cm³/mol. The second-order valence-corrected chi connectivity index (χ2v) is 6.84. The molecule has 2 aromatic rings. The third-order valence-electron chi connectivity index (χ3n) is 4.83. The molecule has 1 aliphatic rings. The van der Waals surface area contributed by atoms with Crippen LogP contribution in [0, 0.1) is 31.1 Å². The molecule has 1 aliphatic carbocycles. The molecule has 0 bridgehead atoms. The average Bonchev–Trinajstić information content (AvgIpc) is 2.52. The molecule has 5 heteroatoms. The molecule has 3 rings (SSSR count). The number of aryl methyl sites for hydroxylation is 2. The molecule has 1 heterocycles. The van der Waals surface area contributed by atoms with Gasteiger partial charge in [0.1, 0.15) is 11.9 Å². The van der Waals surface area contributed by atoms with Gasteiger partial charge in [-0.2, -0.15) is 5.26 Å². The van der Waals surface area contributed by atoms with E-state index in [1.807, 2.05) is 26.0 Å². The molecule has 1 aromatic carbocycles. The number of carbonyl (C=O) groups excluding carboxylic acids is 1. The first-order chi connectivity index (χ1) is 12.1. The van der Waals surface area contributed by atoms with Crippen LogP contribution in [0.5, 0.6) is 0 Å². The molecule has 1 aromatic heterocycles. The number of rotatable bonds is 6. The minimum absolute atomic E-state index is 0.179. The smallest absolute Gasteiger partial charge is 0.223 e. The van der Waals surface area contributed by atoms with Crippen LogP contribution in [0.4, 0.5) is 5.82 Å². The summed E-state index contributed by atoms with van der Waals surface area (Å²) in [4.78, 5) is 16.4. The Hall–Kier alpha value is -2.61. The summed E-state index contributed by atoms with van der Waals surface area (Å²) in [6.45, 7) is 5.40. The Morgan fingerprint density at radius 2 is 2.08 bits per heavy atom. The van der Waals surface area contributed by atoms with Gasteiger partial charge in [0.05, 0.1) is 11.1 Å². The molecular formula is C20H24N4O. The van der Waals surface area contributed by atoms with Crippen LogP contribution in [0.1, 0.15) is 42.4 Å². The van der Waals surface area contributed by atoms with E-state index in [0.29, 0.717) is 24.5 Å². The van der Waals surface area contributed by atoms with Gasteiger partial charge in [-0.3, -0.25) is 4.79 Å². The summed E-state index contributed by atoms with van der Waals surface area (Å²) >= 11 is 0. The van der Waals surface area contributed by atoms with Crippen molar-refractivity contribution in [3.05, 3.63) is 34.9 Å². The number of hydrogen-bond donors (Lipinski definition) is 2. The SMILES string of the molecule is Cc1cc(C)c2cc(C#N)c(NCCCNC(=O)C3CCC3)nc2c1. The largest absolute Gasteiger partial charge is 0.369 e. The zero-order valence-corrected chi connectivity index (χ0v) is 14.9. The molecule has 1 saturated carbocycles. The van der Waals surface area contributed by atoms with Gasteiger partial charge in [-0.05, 0) is 56.4 Å². The molecule has 1 amide bonds. The number of nitriles is 1. The van der Waals surface area contributed by atoms with Crippen molar-refractivity contribution in [3.63, 3.8) is 0 Å². The fraction of sp³-hybridized carbons (Fsp3) is 0.450. The van der Waals surface area contributed by atoms with Crippen LogP contribution in [0.3, 0.4) is 0 Å². The topological polar surface area (TPSA) is 77.8 Å². The molecule has 2 N–H and O–H groups in total. The lowest BCUT2D eigenvalue weighted by atomic mass is 9.85. The summed E-state index contributed by atoms with van der Waals surface area (Å²) < 4.78 is 0. The van der Waals surface area contributed by atoms with Crippen molar-refractivity contribution in [3.8, 4) is 6.07 Å². The fourth-order valence-electron chi connectivity index (χ4n) is 3.17. The maximum absolute atomic E-state index is 11.8. The number of benzene rings is 1. The van der Waals surface area contributed by atoms with E-state index in [2.05, 4.69) is 27.8 Å². The number of fused-ring (bicyclic) bond motifs is 1. The molecule has 5 nitrogen and oxygen atoms in total. The highest BCUT2D eigenvalue weighted by molar-refractivity contribution is 5.86. The molecule has 0 spiro atoms. The molecule has 0 unspecified atom stereocenters. The van der Waals surface area contributed by atoms with Gasteiger partial charge in [0.2, 0.25) is 5.91 Å².